The van der Waals surface area contributed by atoms with Crippen LogP contribution in [0.15, 0.2) is 18.2 Å². The van der Waals surface area contributed by atoms with Crippen LogP contribution in [0.4, 0.5) is 0 Å². The Morgan fingerprint density at radius 3 is 2.71 bits per heavy atom. The number of amides is 1. The Morgan fingerprint density at radius 2 is 2.18 bits per heavy atom. The van der Waals surface area contributed by atoms with Crippen molar-refractivity contribution in [2.75, 3.05) is 20.3 Å². The molecule has 0 bridgehead atoms. The first kappa shape index (κ1) is 13.5. The summed E-state index contributed by atoms with van der Waals surface area (Å²) in [4.78, 5) is 11.9. The fourth-order valence-electron chi connectivity index (χ4n) is 1.53. The van der Waals surface area contributed by atoms with Gasteiger partial charge in [0.05, 0.1) is 19.3 Å². The molecule has 1 rings (SSSR count). The highest BCUT2D eigenvalue weighted by Crippen LogP contribution is 2.23. The van der Waals surface area contributed by atoms with E-state index >= 15 is 0 Å². The molecule has 0 aliphatic heterocycles. The molecule has 0 aliphatic rings. The van der Waals surface area contributed by atoms with Gasteiger partial charge in [-0.05, 0) is 23.6 Å². The van der Waals surface area contributed by atoms with Crippen molar-refractivity contribution in [2.45, 2.75) is 19.8 Å². The summed E-state index contributed by atoms with van der Waals surface area (Å²) in [5.41, 5.74) is 1.59. The molecule has 94 valence electrons. The van der Waals surface area contributed by atoms with Gasteiger partial charge in [-0.1, -0.05) is 19.9 Å². The highest BCUT2D eigenvalue weighted by molar-refractivity contribution is 5.97. The third kappa shape index (κ3) is 3.46. The summed E-state index contributed by atoms with van der Waals surface area (Å²) in [6.45, 7) is 4.31. The second-order valence-electron chi connectivity index (χ2n) is 4.09. The monoisotopic (exact) mass is 237 g/mol. The van der Waals surface area contributed by atoms with Crippen LogP contribution in [0.1, 0.15) is 35.7 Å². The zero-order chi connectivity index (χ0) is 12.8. The van der Waals surface area contributed by atoms with Crippen LogP contribution in [-0.2, 0) is 0 Å². The highest BCUT2D eigenvalue weighted by atomic mass is 16.5. The molecule has 4 nitrogen and oxygen atoms in total. The summed E-state index contributed by atoms with van der Waals surface area (Å²) in [5, 5.41) is 11.3. The van der Waals surface area contributed by atoms with Gasteiger partial charge in [-0.25, -0.2) is 0 Å². The van der Waals surface area contributed by atoms with Gasteiger partial charge in [-0.2, -0.15) is 0 Å². The van der Waals surface area contributed by atoms with E-state index in [9.17, 15) is 4.79 Å². The molecular formula is C13H19NO3. The normalized spacial score (nSPS) is 10.4. The van der Waals surface area contributed by atoms with Crippen LogP contribution in [0.5, 0.6) is 5.75 Å². The molecule has 0 unspecified atom stereocenters. The Balaban J connectivity index is 3.01. The fraction of sp³-hybridized carbons (Fsp3) is 0.462. The van der Waals surface area contributed by atoms with Crippen LogP contribution in [-0.4, -0.2) is 31.3 Å². The molecule has 1 amide bonds. The minimum Gasteiger partial charge on any atom is -0.496 e. The number of aliphatic hydroxyl groups excluding tert-OH is 1. The topological polar surface area (TPSA) is 58.6 Å². The van der Waals surface area contributed by atoms with Crippen LogP contribution >= 0.6 is 0 Å². The van der Waals surface area contributed by atoms with Crippen molar-refractivity contribution >= 4 is 5.91 Å². The molecule has 0 radical (unpaired) electrons. The van der Waals surface area contributed by atoms with E-state index in [0.717, 1.165) is 5.56 Å². The van der Waals surface area contributed by atoms with Crippen molar-refractivity contribution in [1.29, 1.82) is 0 Å². The summed E-state index contributed by atoms with van der Waals surface area (Å²) < 4.78 is 5.16. The van der Waals surface area contributed by atoms with Gasteiger partial charge in [0, 0.05) is 6.54 Å². The molecule has 0 saturated carbocycles. The van der Waals surface area contributed by atoms with Gasteiger partial charge in [0.25, 0.3) is 5.91 Å². The minimum atomic E-state index is -0.224. The third-order valence-electron chi connectivity index (χ3n) is 2.53. The number of hydrogen-bond donors (Lipinski definition) is 2. The number of benzene rings is 1. The molecule has 0 atom stereocenters. The van der Waals surface area contributed by atoms with E-state index < -0.39 is 0 Å². The summed E-state index contributed by atoms with van der Waals surface area (Å²) in [7, 11) is 1.53. The first-order valence-electron chi connectivity index (χ1n) is 5.67. The molecule has 0 aromatic heterocycles. The molecule has 1 aromatic rings. The lowest BCUT2D eigenvalue weighted by Crippen LogP contribution is -2.26. The second kappa shape index (κ2) is 6.25. The SMILES string of the molecule is COc1ccc(C(C)C)cc1C(=O)NCCO. The van der Waals surface area contributed by atoms with Gasteiger partial charge in [0.1, 0.15) is 5.75 Å². The third-order valence-corrected chi connectivity index (χ3v) is 2.53. The number of rotatable bonds is 5. The molecule has 1 aromatic carbocycles. The largest absolute Gasteiger partial charge is 0.496 e. The standard InChI is InChI=1S/C13H19NO3/c1-9(2)10-4-5-12(17-3)11(8-10)13(16)14-6-7-15/h4-5,8-9,15H,6-7H2,1-3H3,(H,14,16). The summed E-state index contributed by atoms with van der Waals surface area (Å²) in [5.74, 6) is 0.675. The van der Waals surface area contributed by atoms with Gasteiger partial charge >= 0.3 is 0 Å². The molecule has 0 fully saturated rings. The van der Waals surface area contributed by atoms with Gasteiger partial charge in [0.2, 0.25) is 0 Å². The number of carbonyl (C=O) groups excluding carboxylic acids is 1. The molecule has 4 heteroatoms. The number of aliphatic hydroxyl groups is 1. The van der Waals surface area contributed by atoms with Crippen LogP contribution in [0.2, 0.25) is 0 Å². The molecular weight excluding hydrogens is 218 g/mol. The molecule has 17 heavy (non-hydrogen) atoms. The zero-order valence-electron chi connectivity index (χ0n) is 10.5. The predicted octanol–water partition coefficient (Wildman–Crippen LogP) is 1.54. The van der Waals surface area contributed by atoms with E-state index in [-0.39, 0.29) is 19.1 Å². The van der Waals surface area contributed by atoms with E-state index in [2.05, 4.69) is 19.2 Å². The van der Waals surface area contributed by atoms with Gasteiger partial charge in [-0.3, -0.25) is 4.79 Å². The van der Waals surface area contributed by atoms with Crippen molar-refractivity contribution < 1.29 is 14.6 Å². The molecule has 0 saturated heterocycles. The van der Waals surface area contributed by atoms with Crippen LogP contribution < -0.4 is 10.1 Å². The van der Waals surface area contributed by atoms with Crippen molar-refractivity contribution in [3.63, 3.8) is 0 Å². The second-order valence-corrected chi connectivity index (χ2v) is 4.09. The number of methoxy groups -OCH3 is 1. The smallest absolute Gasteiger partial charge is 0.255 e. The average molecular weight is 237 g/mol. The van der Waals surface area contributed by atoms with Gasteiger partial charge in [-0.15, -0.1) is 0 Å². The highest BCUT2D eigenvalue weighted by Gasteiger charge is 2.13. The first-order chi connectivity index (χ1) is 8.10. The Hall–Kier alpha value is -1.55. The van der Waals surface area contributed by atoms with Gasteiger partial charge in [0.15, 0.2) is 0 Å². The number of ether oxygens (including phenoxy) is 1. The quantitative estimate of drug-likeness (QED) is 0.816. The minimum absolute atomic E-state index is 0.0715. The fourth-order valence-corrected chi connectivity index (χ4v) is 1.53. The summed E-state index contributed by atoms with van der Waals surface area (Å²) >= 11 is 0. The Bertz CT molecular complexity index is 388. The number of nitrogens with one attached hydrogen (secondary N) is 1. The predicted molar refractivity (Wildman–Crippen MR) is 66.5 cm³/mol. The summed E-state index contributed by atoms with van der Waals surface area (Å²) in [6.07, 6.45) is 0. The van der Waals surface area contributed by atoms with E-state index in [1.807, 2.05) is 12.1 Å². The van der Waals surface area contributed by atoms with Crippen LogP contribution in [0.3, 0.4) is 0 Å². The number of carbonyl (C=O) groups is 1. The van der Waals surface area contributed by atoms with E-state index in [1.165, 1.54) is 7.11 Å². The van der Waals surface area contributed by atoms with Gasteiger partial charge < -0.3 is 15.2 Å². The number of hydrogen-bond acceptors (Lipinski definition) is 3. The average Bonchev–Trinajstić information content (AvgIpc) is 2.34. The maximum Gasteiger partial charge on any atom is 0.255 e. The van der Waals surface area contributed by atoms with Crippen molar-refractivity contribution in [2.24, 2.45) is 0 Å². The Labute approximate surface area is 102 Å². The molecule has 0 spiro atoms. The lowest BCUT2D eigenvalue weighted by atomic mass is 10.00. The Morgan fingerprint density at radius 1 is 1.47 bits per heavy atom. The van der Waals surface area contributed by atoms with Crippen LogP contribution in [0.25, 0.3) is 0 Å². The van der Waals surface area contributed by atoms with Crippen molar-refractivity contribution in [3.05, 3.63) is 29.3 Å². The maximum atomic E-state index is 11.9. The molecule has 0 heterocycles. The maximum absolute atomic E-state index is 11.9. The van der Waals surface area contributed by atoms with E-state index in [1.54, 1.807) is 6.07 Å². The molecule has 2 N–H and O–H groups in total. The lowest BCUT2D eigenvalue weighted by Gasteiger charge is -2.12. The van der Waals surface area contributed by atoms with E-state index in [0.29, 0.717) is 17.2 Å². The zero-order valence-corrected chi connectivity index (χ0v) is 10.5. The van der Waals surface area contributed by atoms with Crippen LogP contribution in [0, 0.1) is 0 Å². The van der Waals surface area contributed by atoms with Crippen molar-refractivity contribution in [3.8, 4) is 5.75 Å². The van der Waals surface area contributed by atoms with Crippen molar-refractivity contribution in [1.82, 2.24) is 5.32 Å². The first-order valence-corrected chi connectivity index (χ1v) is 5.67. The summed E-state index contributed by atoms with van der Waals surface area (Å²) in [6, 6.07) is 5.58. The lowest BCUT2D eigenvalue weighted by molar-refractivity contribution is 0.0941. The van der Waals surface area contributed by atoms with E-state index in [4.69, 9.17) is 9.84 Å². The Kier molecular flexibility index (Phi) is 4.97. The molecule has 0 aliphatic carbocycles.